The predicted molar refractivity (Wildman–Crippen MR) is 59.9 cm³/mol. The Balaban J connectivity index is 2.82. The number of aromatic amines is 1. The number of fused-ring (bicyclic) bond motifs is 1. The van der Waals surface area contributed by atoms with E-state index >= 15 is 0 Å². The summed E-state index contributed by atoms with van der Waals surface area (Å²) in [4.78, 5) is 14.4. The van der Waals surface area contributed by atoms with Crippen molar-refractivity contribution >= 4 is 28.3 Å². The molecule has 0 fully saturated rings. The Bertz CT molecular complexity index is 531. The molecule has 1 aromatic heterocycles. The minimum atomic E-state index is -0.0172. The summed E-state index contributed by atoms with van der Waals surface area (Å²) in [5, 5.41) is 1.20. The third-order valence-corrected chi connectivity index (χ3v) is 2.72. The average Bonchev–Trinajstić information content (AvgIpc) is 2.63. The first-order chi connectivity index (χ1) is 7.15. The van der Waals surface area contributed by atoms with Crippen molar-refractivity contribution in [3.8, 4) is 5.75 Å². The number of carbonyl (C=O) groups is 1. The van der Waals surface area contributed by atoms with Gasteiger partial charge in [-0.05, 0) is 19.1 Å². The van der Waals surface area contributed by atoms with E-state index < -0.39 is 0 Å². The van der Waals surface area contributed by atoms with Gasteiger partial charge in [-0.2, -0.15) is 0 Å². The highest BCUT2D eigenvalue weighted by Crippen LogP contribution is 2.34. The summed E-state index contributed by atoms with van der Waals surface area (Å²) in [6, 6.07) is 3.61. The van der Waals surface area contributed by atoms with E-state index in [1.54, 1.807) is 19.4 Å². The Morgan fingerprint density at radius 2 is 2.20 bits per heavy atom. The van der Waals surface area contributed by atoms with Gasteiger partial charge in [0.15, 0.2) is 5.78 Å². The maximum absolute atomic E-state index is 11.4. The molecule has 0 unspecified atom stereocenters. The number of carbonyl (C=O) groups excluding carboxylic acids is 1. The molecule has 0 aliphatic rings. The number of hydrogen-bond acceptors (Lipinski definition) is 2. The van der Waals surface area contributed by atoms with Gasteiger partial charge >= 0.3 is 0 Å². The molecule has 1 N–H and O–H groups in total. The van der Waals surface area contributed by atoms with Crippen molar-refractivity contribution < 1.29 is 9.53 Å². The van der Waals surface area contributed by atoms with E-state index in [1.807, 2.05) is 6.07 Å². The highest BCUT2D eigenvalue weighted by molar-refractivity contribution is 6.38. The monoisotopic (exact) mass is 223 g/mol. The molecule has 78 valence electrons. The van der Waals surface area contributed by atoms with Crippen LogP contribution in [0.15, 0.2) is 18.3 Å². The molecule has 4 heteroatoms. The lowest BCUT2D eigenvalue weighted by Gasteiger charge is -2.04. The van der Waals surface area contributed by atoms with Crippen molar-refractivity contribution in [2.75, 3.05) is 7.11 Å². The summed E-state index contributed by atoms with van der Waals surface area (Å²) in [7, 11) is 1.55. The van der Waals surface area contributed by atoms with Gasteiger partial charge in [0.1, 0.15) is 5.75 Å². The molecule has 0 spiro atoms. The van der Waals surface area contributed by atoms with Crippen LogP contribution in [0, 0.1) is 0 Å². The van der Waals surface area contributed by atoms with E-state index in [2.05, 4.69) is 4.98 Å². The van der Waals surface area contributed by atoms with Crippen molar-refractivity contribution in [2.45, 2.75) is 6.92 Å². The van der Waals surface area contributed by atoms with Gasteiger partial charge in [-0.3, -0.25) is 4.79 Å². The topological polar surface area (TPSA) is 42.1 Å². The molecule has 1 aromatic carbocycles. The van der Waals surface area contributed by atoms with Crippen LogP contribution in [0.4, 0.5) is 0 Å². The number of nitrogens with one attached hydrogen (secondary N) is 1. The van der Waals surface area contributed by atoms with E-state index in [4.69, 9.17) is 16.3 Å². The molecule has 0 amide bonds. The Morgan fingerprint density at radius 3 is 2.80 bits per heavy atom. The smallest absolute Gasteiger partial charge is 0.162 e. The quantitative estimate of drug-likeness (QED) is 0.796. The molecule has 3 nitrogen and oxygen atoms in total. The third kappa shape index (κ3) is 1.49. The fraction of sp³-hybridized carbons (Fsp3) is 0.182. The first-order valence-electron chi connectivity index (χ1n) is 4.49. The van der Waals surface area contributed by atoms with E-state index in [0.717, 1.165) is 10.9 Å². The van der Waals surface area contributed by atoms with Crippen LogP contribution < -0.4 is 4.74 Å². The second-order valence-corrected chi connectivity index (χ2v) is 3.64. The minimum Gasteiger partial charge on any atom is -0.495 e. The lowest BCUT2D eigenvalue weighted by molar-refractivity contribution is 0.101. The van der Waals surface area contributed by atoms with Crippen molar-refractivity contribution in [3.05, 3.63) is 28.9 Å². The fourth-order valence-corrected chi connectivity index (χ4v) is 1.94. The molecular weight excluding hydrogens is 214 g/mol. The zero-order chi connectivity index (χ0) is 11.0. The molecule has 2 rings (SSSR count). The lowest BCUT2D eigenvalue weighted by Crippen LogP contribution is -1.91. The first-order valence-corrected chi connectivity index (χ1v) is 4.87. The SMILES string of the molecule is COc1ccc2[nH]cc(C(C)=O)c2c1Cl. The largest absolute Gasteiger partial charge is 0.495 e. The van der Waals surface area contributed by atoms with E-state index in [9.17, 15) is 4.79 Å². The van der Waals surface area contributed by atoms with Crippen LogP contribution in [0.5, 0.6) is 5.75 Å². The molecule has 15 heavy (non-hydrogen) atoms. The molecule has 0 saturated carbocycles. The number of ketones is 1. The first kappa shape index (κ1) is 10.1. The lowest BCUT2D eigenvalue weighted by atomic mass is 10.1. The Hall–Kier alpha value is -1.48. The van der Waals surface area contributed by atoms with Crippen molar-refractivity contribution in [1.29, 1.82) is 0 Å². The number of hydrogen-bond donors (Lipinski definition) is 1. The van der Waals surface area contributed by atoms with Gasteiger partial charge in [0.25, 0.3) is 0 Å². The number of rotatable bonds is 2. The maximum Gasteiger partial charge on any atom is 0.162 e. The molecule has 1 heterocycles. The van der Waals surface area contributed by atoms with Crippen LogP contribution in [0.2, 0.25) is 5.02 Å². The van der Waals surface area contributed by atoms with Gasteiger partial charge < -0.3 is 9.72 Å². The van der Waals surface area contributed by atoms with Crippen molar-refractivity contribution in [3.63, 3.8) is 0 Å². The van der Waals surface area contributed by atoms with Gasteiger partial charge in [-0.1, -0.05) is 11.6 Å². The molecule has 2 aromatic rings. The third-order valence-electron chi connectivity index (χ3n) is 2.35. The van der Waals surface area contributed by atoms with E-state index in [-0.39, 0.29) is 5.78 Å². The standard InChI is InChI=1S/C11H10ClNO2/c1-6(14)7-5-13-8-3-4-9(15-2)11(12)10(7)8/h3-5,13H,1-2H3. The number of aromatic nitrogens is 1. The zero-order valence-corrected chi connectivity index (χ0v) is 9.18. The second kappa shape index (κ2) is 3.59. The number of methoxy groups -OCH3 is 1. The van der Waals surface area contributed by atoms with Crippen molar-refractivity contribution in [2.24, 2.45) is 0 Å². The fourth-order valence-electron chi connectivity index (χ4n) is 1.60. The summed E-state index contributed by atoms with van der Waals surface area (Å²) in [6.45, 7) is 1.51. The number of Topliss-reactive ketones (excluding diaryl/α,β-unsaturated/α-hetero) is 1. The summed E-state index contributed by atoms with van der Waals surface area (Å²) >= 11 is 6.14. The number of benzene rings is 1. The molecule has 0 saturated heterocycles. The predicted octanol–water partition coefficient (Wildman–Crippen LogP) is 3.03. The number of ether oxygens (including phenoxy) is 1. The highest BCUT2D eigenvalue weighted by atomic mass is 35.5. The Labute approximate surface area is 92.0 Å². The summed E-state index contributed by atoms with van der Waals surface area (Å²) in [5.74, 6) is 0.558. The second-order valence-electron chi connectivity index (χ2n) is 3.26. The van der Waals surface area contributed by atoms with E-state index in [0.29, 0.717) is 16.3 Å². The van der Waals surface area contributed by atoms with Gasteiger partial charge in [0.2, 0.25) is 0 Å². The van der Waals surface area contributed by atoms with Crippen molar-refractivity contribution in [1.82, 2.24) is 4.98 Å². The molecular formula is C11H10ClNO2. The van der Waals surface area contributed by atoms with Crippen LogP contribution in [-0.4, -0.2) is 17.9 Å². The van der Waals surface area contributed by atoms with Crippen LogP contribution in [0.3, 0.4) is 0 Å². The number of H-pyrrole nitrogens is 1. The minimum absolute atomic E-state index is 0.0172. The summed E-state index contributed by atoms with van der Waals surface area (Å²) in [6.07, 6.45) is 1.66. The highest BCUT2D eigenvalue weighted by Gasteiger charge is 2.14. The molecule has 0 aliphatic carbocycles. The van der Waals surface area contributed by atoms with Crippen LogP contribution in [0.1, 0.15) is 17.3 Å². The van der Waals surface area contributed by atoms with Crippen LogP contribution >= 0.6 is 11.6 Å². The van der Waals surface area contributed by atoms with Crippen LogP contribution in [0.25, 0.3) is 10.9 Å². The molecule has 0 radical (unpaired) electrons. The molecule has 0 aliphatic heterocycles. The van der Waals surface area contributed by atoms with E-state index in [1.165, 1.54) is 6.92 Å². The zero-order valence-electron chi connectivity index (χ0n) is 8.43. The summed E-state index contributed by atoms with van der Waals surface area (Å²) < 4.78 is 5.10. The Kier molecular flexibility index (Phi) is 2.40. The van der Waals surface area contributed by atoms with Gasteiger partial charge in [-0.25, -0.2) is 0 Å². The van der Waals surface area contributed by atoms with Gasteiger partial charge in [0, 0.05) is 22.7 Å². The normalized spacial score (nSPS) is 10.6. The van der Waals surface area contributed by atoms with Gasteiger partial charge in [-0.15, -0.1) is 0 Å². The van der Waals surface area contributed by atoms with Gasteiger partial charge in [0.05, 0.1) is 12.1 Å². The molecule has 0 atom stereocenters. The Morgan fingerprint density at radius 1 is 1.47 bits per heavy atom. The van der Waals surface area contributed by atoms with Crippen LogP contribution in [-0.2, 0) is 0 Å². The molecule has 0 bridgehead atoms. The summed E-state index contributed by atoms with van der Waals surface area (Å²) in [5.41, 5.74) is 1.43. The maximum atomic E-state index is 11.4. The number of halogens is 1. The average molecular weight is 224 g/mol.